The number of nitrogens with one attached hydrogen (secondary N) is 2. The molecule has 2 rings (SSSR count). The molecule has 0 spiro atoms. The number of carboxylic acid groups (broad SMARTS) is 2. The molecular formula is C20H23ClN2O8S. The lowest BCUT2D eigenvalue weighted by Gasteiger charge is -2.09. The molecule has 0 bridgehead atoms. The van der Waals surface area contributed by atoms with Gasteiger partial charge in [-0.2, -0.15) is 0 Å². The summed E-state index contributed by atoms with van der Waals surface area (Å²) in [5.41, 5.74) is 1.59. The summed E-state index contributed by atoms with van der Waals surface area (Å²) in [4.78, 5) is 42.8. The molecule has 0 atom stereocenters. The molecule has 32 heavy (non-hydrogen) atoms. The standard InChI is InChI=1S/C18H21ClN2O4S.C2H2O4/c1-2-25-18(24)15-14(12-7-4-3-5-8-12)16(19)26-17(15)21-13(23)11-20-9-6-10-22;3-1(4)2(5)6/h3-5,7-8,20,22H,2,6,9-11H2,1H3,(H,21,23);(H,3,4)(H,5,6). The fourth-order valence-electron chi connectivity index (χ4n) is 2.33. The molecule has 0 aliphatic heterocycles. The van der Waals surface area contributed by atoms with Crippen LogP contribution in [0.25, 0.3) is 11.1 Å². The van der Waals surface area contributed by atoms with E-state index < -0.39 is 17.9 Å². The molecule has 0 aliphatic rings. The topological polar surface area (TPSA) is 162 Å². The number of carbonyl (C=O) groups is 4. The number of aliphatic hydroxyl groups excluding tert-OH is 1. The summed E-state index contributed by atoms with van der Waals surface area (Å²) in [6, 6.07) is 9.26. The summed E-state index contributed by atoms with van der Waals surface area (Å²) in [6.07, 6.45) is 0.560. The minimum absolute atomic E-state index is 0.0581. The lowest BCUT2D eigenvalue weighted by atomic mass is 10.0. The van der Waals surface area contributed by atoms with Crippen molar-refractivity contribution in [2.45, 2.75) is 13.3 Å². The largest absolute Gasteiger partial charge is 0.473 e. The van der Waals surface area contributed by atoms with Crippen LogP contribution in [0, 0.1) is 0 Å². The number of aliphatic carboxylic acids is 2. The monoisotopic (exact) mass is 486 g/mol. The van der Waals surface area contributed by atoms with Gasteiger partial charge in [-0.1, -0.05) is 41.9 Å². The molecule has 1 amide bonds. The molecule has 0 fully saturated rings. The fourth-order valence-corrected chi connectivity index (χ4v) is 3.72. The van der Waals surface area contributed by atoms with E-state index in [0.717, 1.165) is 16.9 Å². The minimum atomic E-state index is -1.82. The Morgan fingerprint density at radius 1 is 1.09 bits per heavy atom. The van der Waals surface area contributed by atoms with Crippen molar-refractivity contribution < 1.29 is 39.2 Å². The lowest BCUT2D eigenvalue weighted by Crippen LogP contribution is -2.29. The number of ether oxygens (including phenoxy) is 1. The molecule has 0 saturated heterocycles. The Labute approximate surface area is 192 Å². The van der Waals surface area contributed by atoms with Crippen LogP contribution < -0.4 is 10.6 Å². The van der Waals surface area contributed by atoms with Gasteiger partial charge in [-0.15, -0.1) is 11.3 Å². The number of benzene rings is 1. The maximum Gasteiger partial charge on any atom is 0.414 e. The highest BCUT2D eigenvalue weighted by Gasteiger charge is 2.26. The number of rotatable bonds is 9. The van der Waals surface area contributed by atoms with Gasteiger partial charge in [0.05, 0.1) is 13.2 Å². The van der Waals surface area contributed by atoms with E-state index in [1.54, 1.807) is 6.92 Å². The minimum Gasteiger partial charge on any atom is -0.473 e. The van der Waals surface area contributed by atoms with Crippen LogP contribution in [-0.4, -0.2) is 65.4 Å². The van der Waals surface area contributed by atoms with Gasteiger partial charge in [0.1, 0.15) is 14.9 Å². The highest BCUT2D eigenvalue weighted by molar-refractivity contribution is 7.21. The highest BCUT2D eigenvalue weighted by atomic mass is 35.5. The van der Waals surface area contributed by atoms with Crippen molar-refractivity contribution >= 4 is 51.8 Å². The molecule has 5 N–H and O–H groups in total. The number of thiophene rings is 1. The SMILES string of the molecule is CCOC(=O)c1c(NC(=O)CNCCCO)sc(Cl)c1-c1ccccc1.O=C(O)C(=O)O. The molecule has 0 radical (unpaired) electrons. The van der Waals surface area contributed by atoms with Crippen LogP contribution >= 0.6 is 22.9 Å². The maximum absolute atomic E-state index is 12.5. The molecule has 10 nitrogen and oxygen atoms in total. The summed E-state index contributed by atoms with van der Waals surface area (Å²) in [5.74, 6) is -4.48. The zero-order chi connectivity index (χ0) is 24.1. The predicted octanol–water partition coefficient (Wildman–Crippen LogP) is 2.31. The zero-order valence-electron chi connectivity index (χ0n) is 17.1. The third-order valence-corrected chi connectivity index (χ3v) is 4.95. The number of halogens is 1. The third kappa shape index (κ3) is 8.63. The molecule has 1 heterocycles. The average Bonchev–Trinajstić information content (AvgIpc) is 3.08. The highest BCUT2D eigenvalue weighted by Crippen LogP contribution is 2.43. The summed E-state index contributed by atoms with van der Waals surface area (Å²) in [7, 11) is 0. The first-order valence-corrected chi connectivity index (χ1v) is 10.5. The number of amides is 1. The summed E-state index contributed by atoms with van der Waals surface area (Å²) < 4.78 is 5.56. The summed E-state index contributed by atoms with van der Waals surface area (Å²) >= 11 is 7.50. The second-order valence-electron chi connectivity index (χ2n) is 5.95. The third-order valence-electron chi connectivity index (χ3n) is 3.64. The Bertz CT molecular complexity index is 921. The number of hydrogen-bond donors (Lipinski definition) is 5. The Morgan fingerprint density at radius 2 is 1.72 bits per heavy atom. The van der Waals surface area contributed by atoms with E-state index in [1.165, 1.54) is 0 Å². The smallest absolute Gasteiger partial charge is 0.414 e. The van der Waals surface area contributed by atoms with Crippen LogP contribution in [-0.2, 0) is 19.1 Å². The number of hydrogen-bond acceptors (Lipinski definition) is 8. The van der Waals surface area contributed by atoms with E-state index in [-0.39, 0.29) is 31.2 Å². The summed E-state index contributed by atoms with van der Waals surface area (Å²) in [5, 5.41) is 29.5. The van der Waals surface area contributed by atoms with Gasteiger partial charge in [0, 0.05) is 12.2 Å². The molecule has 2 aromatic rings. The Hall–Kier alpha value is -2.99. The van der Waals surface area contributed by atoms with E-state index in [9.17, 15) is 9.59 Å². The second-order valence-corrected chi connectivity index (χ2v) is 7.58. The van der Waals surface area contributed by atoms with E-state index in [1.807, 2.05) is 30.3 Å². The normalized spacial score (nSPS) is 9.97. The number of anilines is 1. The van der Waals surface area contributed by atoms with E-state index in [2.05, 4.69) is 10.6 Å². The van der Waals surface area contributed by atoms with E-state index >= 15 is 0 Å². The van der Waals surface area contributed by atoms with Crippen LogP contribution in [0.15, 0.2) is 30.3 Å². The van der Waals surface area contributed by atoms with Crippen LogP contribution in [0.1, 0.15) is 23.7 Å². The zero-order valence-corrected chi connectivity index (χ0v) is 18.7. The quantitative estimate of drug-likeness (QED) is 0.203. The van der Waals surface area contributed by atoms with Gasteiger partial charge in [-0.25, -0.2) is 14.4 Å². The van der Waals surface area contributed by atoms with Crippen LogP contribution in [0.3, 0.4) is 0 Å². The number of esters is 1. The van der Waals surface area contributed by atoms with E-state index in [0.29, 0.717) is 27.9 Å². The molecule has 1 aromatic heterocycles. The first-order chi connectivity index (χ1) is 15.2. The summed E-state index contributed by atoms with van der Waals surface area (Å²) in [6.45, 7) is 2.59. The second kappa shape index (κ2) is 14.1. The molecule has 0 unspecified atom stereocenters. The van der Waals surface area contributed by atoms with E-state index in [4.69, 9.17) is 41.2 Å². The number of carboxylic acids is 2. The fraction of sp³-hybridized carbons (Fsp3) is 0.300. The molecule has 12 heteroatoms. The number of aliphatic hydroxyl groups is 1. The van der Waals surface area contributed by atoms with Crippen LogP contribution in [0.5, 0.6) is 0 Å². The van der Waals surface area contributed by atoms with Crippen molar-refractivity contribution in [2.75, 3.05) is 31.6 Å². The Balaban J connectivity index is 0.000000751. The van der Waals surface area contributed by atoms with Crippen molar-refractivity contribution in [3.63, 3.8) is 0 Å². The molecule has 1 aromatic carbocycles. The molecule has 0 saturated carbocycles. The Kier molecular flexibility index (Phi) is 12.0. The van der Waals surface area contributed by atoms with Crippen molar-refractivity contribution in [1.82, 2.24) is 5.32 Å². The molecule has 174 valence electrons. The van der Waals surface area contributed by atoms with Crippen molar-refractivity contribution in [2.24, 2.45) is 0 Å². The molecular weight excluding hydrogens is 464 g/mol. The Morgan fingerprint density at radius 3 is 2.25 bits per heavy atom. The van der Waals surface area contributed by atoms with Gasteiger partial charge in [0.2, 0.25) is 5.91 Å². The van der Waals surface area contributed by atoms with Crippen molar-refractivity contribution in [3.05, 3.63) is 40.2 Å². The maximum atomic E-state index is 12.5. The van der Waals surface area contributed by atoms with Gasteiger partial charge in [-0.05, 0) is 25.5 Å². The lowest BCUT2D eigenvalue weighted by molar-refractivity contribution is -0.159. The van der Waals surface area contributed by atoms with Crippen LogP contribution in [0.2, 0.25) is 4.34 Å². The average molecular weight is 487 g/mol. The van der Waals surface area contributed by atoms with Gasteiger partial charge in [-0.3, -0.25) is 4.79 Å². The van der Waals surface area contributed by atoms with Crippen molar-refractivity contribution in [3.8, 4) is 11.1 Å². The number of carbonyl (C=O) groups excluding carboxylic acids is 2. The first-order valence-electron chi connectivity index (χ1n) is 9.35. The van der Waals surface area contributed by atoms with Crippen LogP contribution in [0.4, 0.5) is 5.00 Å². The van der Waals surface area contributed by atoms with Gasteiger partial charge in [0.15, 0.2) is 0 Å². The predicted molar refractivity (Wildman–Crippen MR) is 119 cm³/mol. The van der Waals surface area contributed by atoms with Gasteiger partial charge in [0.25, 0.3) is 0 Å². The van der Waals surface area contributed by atoms with Gasteiger partial charge < -0.3 is 30.7 Å². The van der Waals surface area contributed by atoms with Crippen molar-refractivity contribution in [1.29, 1.82) is 0 Å². The molecule has 0 aliphatic carbocycles. The first kappa shape index (κ1) is 27.0. The van der Waals surface area contributed by atoms with Gasteiger partial charge >= 0.3 is 17.9 Å².